The number of aromatic nitrogens is 2. The van der Waals surface area contributed by atoms with Crippen molar-refractivity contribution in [3.8, 4) is 11.6 Å². The van der Waals surface area contributed by atoms with Crippen LogP contribution in [0.2, 0.25) is 0 Å². The van der Waals surface area contributed by atoms with Crippen molar-refractivity contribution in [2.45, 2.75) is 52.5 Å². The van der Waals surface area contributed by atoms with Crippen LogP contribution in [0.5, 0.6) is 11.6 Å². The molecule has 27 heavy (non-hydrogen) atoms. The van der Waals surface area contributed by atoms with E-state index in [4.69, 9.17) is 9.47 Å². The van der Waals surface area contributed by atoms with Gasteiger partial charge in [0.25, 0.3) is 0 Å². The monoisotopic (exact) mass is 383 g/mol. The average Bonchev–Trinajstić information content (AvgIpc) is 2.60. The maximum absolute atomic E-state index is 13.3. The predicted molar refractivity (Wildman–Crippen MR) is 97.7 cm³/mol. The molecule has 0 aliphatic carbocycles. The molecule has 0 amide bonds. The third kappa shape index (κ3) is 5.24. The number of alkyl halides is 3. The van der Waals surface area contributed by atoms with Gasteiger partial charge in [-0.15, -0.1) is 0 Å². The van der Waals surface area contributed by atoms with E-state index in [0.29, 0.717) is 17.9 Å². The summed E-state index contributed by atoms with van der Waals surface area (Å²) in [6.45, 7) is 7.30. The molecule has 148 valence electrons. The smallest absolute Gasteiger partial charge is 0.423 e. The highest BCUT2D eigenvalue weighted by Gasteiger charge is 2.37. The first kappa shape index (κ1) is 20.8. The molecule has 1 unspecified atom stereocenters. The van der Waals surface area contributed by atoms with Crippen molar-refractivity contribution in [2.75, 3.05) is 11.9 Å². The number of benzene rings is 1. The van der Waals surface area contributed by atoms with Crippen molar-refractivity contribution < 1.29 is 22.6 Å². The standard InChI is InChI=1S/C19H24F3N3O2/c1-6-13(4)27-17-14(19(20,21)22)11-23-18(24-17)25(5)15-9-7-8-10-16(15)26-12(2)3/h7-13H,6H2,1-5H3. The molecule has 0 saturated heterocycles. The first-order valence-electron chi connectivity index (χ1n) is 8.73. The molecule has 8 heteroatoms. The largest absolute Gasteiger partial charge is 0.489 e. The fraction of sp³-hybridized carbons (Fsp3) is 0.474. The van der Waals surface area contributed by atoms with Crippen LogP contribution in [-0.4, -0.2) is 29.2 Å². The molecule has 2 aromatic rings. The molecule has 1 aromatic carbocycles. The SMILES string of the molecule is CCC(C)Oc1nc(N(C)c2ccccc2OC(C)C)ncc1C(F)(F)F. The minimum atomic E-state index is -4.60. The van der Waals surface area contributed by atoms with Crippen LogP contribution >= 0.6 is 0 Å². The summed E-state index contributed by atoms with van der Waals surface area (Å²) in [5, 5.41) is 0. The van der Waals surface area contributed by atoms with Gasteiger partial charge in [0.05, 0.1) is 17.9 Å². The zero-order valence-corrected chi connectivity index (χ0v) is 16.0. The van der Waals surface area contributed by atoms with E-state index in [9.17, 15) is 13.2 Å². The number of hydrogen-bond donors (Lipinski definition) is 0. The van der Waals surface area contributed by atoms with Crippen molar-refractivity contribution in [3.05, 3.63) is 36.0 Å². The number of nitrogens with zero attached hydrogens (tertiary/aromatic N) is 3. The summed E-state index contributed by atoms with van der Waals surface area (Å²) in [5.74, 6) is 0.194. The maximum Gasteiger partial charge on any atom is 0.423 e. The van der Waals surface area contributed by atoms with Crippen molar-refractivity contribution in [1.29, 1.82) is 0 Å². The van der Waals surface area contributed by atoms with Gasteiger partial charge in [-0.25, -0.2) is 4.98 Å². The molecule has 0 spiro atoms. The average molecular weight is 383 g/mol. The van der Waals surface area contributed by atoms with Gasteiger partial charge >= 0.3 is 6.18 Å². The summed E-state index contributed by atoms with van der Waals surface area (Å²) in [6.07, 6.45) is -3.76. The van der Waals surface area contributed by atoms with Crippen LogP contribution in [0.15, 0.2) is 30.5 Å². The molecule has 0 aliphatic heterocycles. The number of rotatable bonds is 7. The third-order valence-corrected chi connectivity index (χ3v) is 3.82. The zero-order valence-electron chi connectivity index (χ0n) is 16.0. The van der Waals surface area contributed by atoms with E-state index in [1.807, 2.05) is 26.8 Å². The molecule has 0 bridgehead atoms. The highest BCUT2D eigenvalue weighted by atomic mass is 19.4. The lowest BCUT2D eigenvalue weighted by Gasteiger charge is -2.23. The maximum atomic E-state index is 13.3. The van der Waals surface area contributed by atoms with Gasteiger partial charge in [-0.3, -0.25) is 0 Å². The number of hydrogen-bond acceptors (Lipinski definition) is 5. The predicted octanol–water partition coefficient (Wildman–Crippen LogP) is 5.23. The molecule has 0 saturated carbocycles. The van der Waals surface area contributed by atoms with Crippen LogP contribution in [-0.2, 0) is 6.18 Å². The first-order chi connectivity index (χ1) is 12.6. The van der Waals surface area contributed by atoms with Crippen molar-refractivity contribution in [1.82, 2.24) is 9.97 Å². The van der Waals surface area contributed by atoms with Crippen molar-refractivity contribution >= 4 is 11.6 Å². The molecule has 1 aromatic heterocycles. The van der Waals surface area contributed by atoms with Crippen LogP contribution in [0.3, 0.4) is 0 Å². The van der Waals surface area contributed by atoms with Gasteiger partial charge in [0.15, 0.2) is 0 Å². The number of ether oxygens (including phenoxy) is 2. The summed E-state index contributed by atoms with van der Waals surface area (Å²) < 4.78 is 51.0. The van der Waals surface area contributed by atoms with Gasteiger partial charge in [-0.1, -0.05) is 19.1 Å². The van der Waals surface area contributed by atoms with Crippen LogP contribution < -0.4 is 14.4 Å². The molecule has 5 nitrogen and oxygen atoms in total. The van der Waals surface area contributed by atoms with Gasteiger partial charge in [0.1, 0.15) is 11.3 Å². The van der Waals surface area contributed by atoms with Gasteiger partial charge < -0.3 is 14.4 Å². The van der Waals surface area contributed by atoms with E-state index in [-0.39, 0.29) is 12.1 Å². The summed E-state index contributed by atoms with van der Waals surface area (Å²) in [5.41, 5.74) is -0.355. The van der Waals surface area contributed by atoms with E-state index >= 15 is 0 Å². The van der Waals surface area contributed by atoms with E-state index in [1.54, 1.807) is 37.1 Å². The molecular formula is C19H24F3N3O2. The minimum Gasteiger partial charge on any atom is -0.489 e. The molecular weight excluding hydrogens is 359 g/mol. The molecule has 1 atom stereocenters. The Bertz CT molecular complexity index is 766. The lowest BCUT2D eigenvalue weighted by molar-refractivity contribution is -0.139. The highest BCUT2D eigenvalue weighted by molar-refractivity contribution is 5.65. The zero-order chi connectivity index (χ0) is 20.2. The Labute approximate surface area is 157 Å². The number of halogens is 3. The van der Waals surface area contributed by atoms with Gasteiger partial charge in [0, 0.05) is 13.2 Å². The topological polar surface area (TPSA) is 47.5 Å². The Morgan fingerprint density at radius 2 is 1.78 bits per heavy atom. The molecule has 0 fully saturated rings. The van der Waals surface area contributed by atoms with E-state index in [1.165, 1.54) is 0 Å². The fourth-order valence-electron chi connectivity index (χ4n) is 2.27. The molecule has 2 rings (SSSR count). The summed E-state index contributed by atoms with van der Waals surface area (Å²) in [7, 11) is 1.66. The second kappa shape index (κ2) is 8.45. The quantitative estimate of drug-likeness (QED) is 0.655. The Morgan fingerprint density at radius 3 is 2.37 bits per heavy atom. The molecule has 0 N–H and O–H groups in total. The van der Waals surface area contributed by atoms with Crippen molar-refractivity contribution in [2.24, 2.45) is 0 Å². The summed E-state index contributed by atoms with van der Waals surface area (Å²) in [6, 6.07) is 7.19. The normalized spacial score (nSPS) is 12.8. The lowest BCUT2D eigenvalue weighted by atomic mass is 10.2. The third-order valence-electron chi connectivity index (χ3n) is 3.82. The Balaban J connectivity index is 2.45. The van der Waals surface area contributed by atoms with Crippen molar-refractivity contribution in [3.63, 3.8) is 0 Å². The highest BCUT2D eigenvalue weighted by Crippen LogP contribution is 2.37. The Hall–Kier alpha value is -2.51. The van der Waals surface area contributed by atoms with E-state index < -0.39 is 23.7 Å². The lowest BCUT2D eigenvalue weighted by Crippen LogP contribution is -2.20. The van der Waals surface area contributed by atoms with Crippen LogP contribution in [0.4, 0.5) is 24.8 Å². The molecule has 0 radical (unpaired) electrons. The van der Waals surface area contributed by atoms with Crippen LogP contribution in [0, 0.1) is 0 Å². The second-order valence-corrected chi connectivity index (χ2v) is 6.42. The summed E-state index contributed by atoms with van der Waals surface area (Å²) in [4.78, 5) is 9.51. The summed E-state index contributed by atoms with van der Waals surface area (Å²) >= 11 is 0. The van der Waals surface area contributed by atoms with Crippen LogP contribution in [0.1, 0.15) is 39.7 Å². The number of anilines is 2. The number of para-hydroxylation sites is 2. The van der Waals surface area contributed by atoms with Crippen LogP contribution in [0.25, 0.3) is 0 Å². The van der Waals surface area contributed by atoms with Gasteiger partial charge in [-0.05, 0) is 39.3 Å². The van der Waals surface area contributed by atoms with Gasteiger partial charge in [0.2, 0.25) is 11.8 Å². The van der Waals surface area contributed by atoms with E-state index in [2.05, 4.69) is 9.97 Å². The fourth-order valence-corrected chi connectivity index (χ4v) is 2.27. The Morgan fingerprint density at radius 1 is 1.11 bits per heavy atom. The second-order valence-electron chi connectivity index (χ2n) is 6.42. The van der Waals surface area contributed by atoms with E-state index in [0.717, 1.165) is 6.20 Å². The molecule has 1 heterocycles. The minimum absolute atomic E-state index is 0.0580. The Kier molecular flexibility index (Phi) is 6.51. The van der Waals surface area contributed by atoms with Gasteiger partial charge in [-0.2, -0.15) is 18.2 Å². The molecule has 0 aliphatic rings. The first-order valence-corrected chi connectivity index (χ1v) is 8.73.